The van der Waals surface area contributed by atoms with Crippen LogP contribution >= 0.6 is 0 Å². The Morgan fingerprint density at radius 2 is 2.14 bits per heavy atom. The van der Waals surface area contributed by atoms with Crippen molar-refractivity contribution in [1.29, 1.82) is 0 Å². The number of carboxylic acids is 1. The largest absolute Gasteiger partial charge is 0.480 e. The van der Waals surface area contributed by atoms with Gasteiger partial charge in [0.05, 0.1) is 7.11 Å². The molecule has 0 unspecified atom stereocenters. The molecule has 0 spiro atoms. The lowest BCUT2D eigenvalue weighted by Crippen LogP contribution is -2.28. The van der Waals surface area contributed by atoms with Gasteiger partial charge in [0.1, 0.15) is 0 Å². The van der Waals surface area contributed by atoms with E-state index in [1.54, 1.807) is 0 Å². The van der Waals surface area contributed by atoms with Gasteiger partial charge >= 0.3 is 11.9 Å². The first kappa shape index (κ1) is 16.1. The summed E-state index contributed by atoms with van der Waals surface area (Å²) in [5, 5.41) is 9.44. The normalized spacial score (nSPS) is 22.4. The van der Waals surface area contributed by atoms with Crippen LogP contribution in [0.2, 0.25) is 0 Å². The van der Waals surface area contributed by atoms with Gasteiger partial charge in [-0.25, -0.2) is 0 Å². The first-order valence-corrected chi connectivity index (χ1v) is 7.47. The molecule has 1 N–H and O–H groups in total. The van der Waals surface area contributed by atoms with Gasteiger partial charge in [0, 0.05) is 17.9 Å². The van der Waals surface area contributed by atoms with Gasteiger partial charge in [-0.3, -0.25) is 9.59 Å². The Morgan fingerprint density at radius 1 is 1.41 bits per heavy atom. The lowest BCUT2D eigenvalue weighted by Gasteiger charge is -2.11. The molecule has 0 radical (unpaired) electrons. The summed E-state index contributed by atoms with van der Waals surface area (Å²) in [5.41, 5.74) is 0.172. The number of unbranched alkanes of at least 4 members (excludes halogenated alkanes) is 2. The molecule has 0 bridgehead atoms. The maximum absolute atomic E-state index is 11.9. The highest BCUT2D eigenvalue weighted by Crippen LogP contribution is 2.60. The van der Waals surface area contributed by atoms with Crippen LogP contribution in [0.1, 0.15) is 49.7 Å². The summed E-state index contributed by atoms with van der Waals surface area (Å²) in [5.74, 6) is 4.04. The minimum absolute atomic E-state index is 0.267. The number of rotatable bonds is 5. The zero-order valence-corrected chi connectivity index (χ0v) is 12.9. The first-order valence-electron chi connectivity index (χ1n) is 7.47. The highest BCUT2D eigenvalue weighted by Gasteiger charge is 2.68. The zero-order valence-electron chi connectivity index (χ0n) is 12.9. The molecule has 4 heteroatoms. The van der Waals surface area contributed by atoms with E-state index in [0.717, 1.165) is 30.4 Å². The number of hydrogen-bond donors (Lipinski definition) is 1. The quantitative estimate of drug-likeness (QED) is 0.393. The summed E-state index contributed by atoms with van der Waals surface area (Å²) < 4.78 is 4.69. The average Bonchev–Trinajstić information content (AvgIpc) is 3.28. The number of benzene rings is 1. The molecule has 0 aliphatic heterocycles. The fraction of sp³-hybridized carbons (Fsp3) is 0.444. The van der Waals surface area contributed by atoms with Crippen LogP contribution in [0.5, 0.6) is 0 Å². The van der Waals surface area contributed by atoms with Gasteiger partial charge in [-0.15, -0.1) is 0 Å². The van der Waals surface area contributed by atoms with Gasteiger partial charge in [-0.2, -0.15) is 0 Å². The maximum atomic E-state index is 11.9. The molecule has 0 heterocycles. The SMILES string of the molecule is CCCCC#Cc1ccccc1[C@@H]1C[C@]1(C(=O)O)C(=O)OC. The molecule has 2 atom stereocenters. The third kappa shape index (κ3) is 2.85. The maximum Gasteiger partial charge on any atom is 0.323 e. The summed E-state index contributed by atoms with van der Waals surface area (Å²) in [7, 11) is 1.22. The lowest BCUT2D eigenvalue weighted by atomic mass is 9.95. The molecule has 1 aromatic carbocycles. The Bertz CT molecular complexity index is 638. The molecule has 1 aliphatic carbocycles. The molecular formula is C18H20O4. The predicted octanol–water partition coefficient (Wildman–Crippen LogP) is 2.96. The molecule has 1 saturated carbocycles. The molecule has 1 aliphatic rings. The van der Waals surface area contributed by atoms with Gasteiger partial charge in [0.25, 0.3) is 0 Å². The van der Waals surface area contributed by atoms with E-state index in [2.05, 4.69) is 23.5 Å². The van der Waals surface area contributed by atoms with Crippen LogP contribution in [0, 0.1) is 17.3 Å². The van der Waals surface area contributed by atoms with Crippen molar-refractivity contribution in [3.63, 3.8) is 0 Å². The summed E-state index contributed by atoms with van der Waals surface area (Å²) >= 11 is 0. The van der Waals surface area contributed by atoms with Gasteiger partial charge in [-0.1, -0.05) is 43.4 Å². The summed E-state index contributed by atoms with van der Waals surface area (Å²) in [6, 6.07) is 7.43. The predicted molar refractivity (Wildman–Crippen MR) is 82.3 cm³/mol. The van der Waals surface area contributed by atoms with Crippen molar-refractivity contribution in [3.8, 4) is 11.8 Å². The van der Waals surface area contributed by atoms with Crippen molar-refractivity contribution in [1.82, 2.24) is 0 Å². The number of carbonyl (C=O) groups is 2. The van der Waals surface area contributed by atoms with Gasteiger partial charge in [0.2, 0.25) is 0 Å². The van der Waals surface area contributed by atoms with E-state index in [1.165, 1.54) is 7.11 Å². The third-order valence-electron chi connectivity index (χ3n) is 4.11. The van der Waals surface area contributed by atoms with Crippen molar-refractivity contribution in [2.24, 2.45) is 5.41 Å². The van der Waals surface area contributed by atoms with Gasteiger partial charge in [-0.05, 0) is 24.5 Å². The molecule has 1 aromatic rings. The number of hydrogen-bond acceptors (Lipinski definition) is 3. The average molecular weight is 300 g/mol. The van der Waals surface area contributed by atoms with Crippen LogP contribution in [0.4, 0.5) is 0 Å². The number of carboxylic acid groups (broad SMARTS) is 1. The number of aliphatic carboxylic acids is 1. The highest BCUT2D eigenvalue weighted by molar-refractivity contribution is 6.04. The number of ether oxygens (including phenoxy) is 1. The second-order valence-corrected chi connectivity index (χ2v) is 5.52. The Hall–Kier alpha value is -2.28. The standard InChI is InChI=1S/C18H20O4/c1-3-4-5-6-9-13-10-7-8-11-14(13)15-12-18(15,16(19)20)17(21)22-2/h7-8,10-11,15H,3-5,12H2,1-2H3,(H,19,20)/t15-,18-/m0/s1. The van der Waals surface area contributed by atoms with E-state index in [1.807, 2.05) is 24.3 Å². The molecule has 116 valence electrons. The van der Waals surface area contributed by atoms with Crippen molar-refractivity contribution >= 4 is 11.9 Å². The van der Waals surface area contributed by atoms with E-state index < -0.39 is 17.4 Å². The van der Waals surface area contributed by atoms with Crippen LogP contribution in [0.15, 0.2) is 24.3 Å². The van der Waals surface area contributed by atoms with E-state index in [-0.39, 0.29) is 12.3 Å². The van der Waals surface area contributed by atoms with E-state index in [9.17, 15) is 14.7 Å². The molecule has 0 saturated heterocycles. The van der Waals surface area contributed by atoms with Crippen molar-refractivity contribution in [3.05, 3.63) is 35.4 Å². The van der Waals surface area contributed by atoms with Crippen LogP contribution in [-0.2, 0) is 14.3 Å². The van der Waals surface area contributed by atoms with Crippen molar-refractivity contribution < 1.29 is 19.4 Å². The van der Waals surface area contributed by atoms with Gasteiger partial charge < -0.3 is 9.84 Å². The van der Waals surface area contributed by atoms with Gasteiger partial charge in [0.15, 0.2) is 5.41 Å². The monoisotopic (exact) mass is 300 g/mol. The van der Waals surface area contributed by atoms with Crippen LogP contribution in [0.3, 0.4) is 0 Å². The number of carbonyl (C=O) groups excluding carboxylic acids is 1. The second-order valence-electron chi connectivity index (χ2n) is 5.52. The van der Waals surface area contributed by atoms with E-state index in [4.69, 9.17) is 0 Å². The smallest absolute Gasteiger partial charge is 0.323 e. The van der Waals surface area contributed by atoms with Crippen LogP contribution in [-0.4, -0.2) is 24.2 Å². The fourth-order valence-electron chi connectivity index (χ4n) is 2.71. The Kier molecular flexibility index (Phi) is 4.87. The van der Waals surface area contributed by atoms with E-state index in [0.29, 0.717) is 0 Å². The number of methoxy groups -OCH3 is 1. The zero-order chi connectivity index (χ0) is 16.2. The minimum atomic E-state index is -1.45. The van der Waals surface area contributed by atoms with E-state index >= 15 is 0 Å². The van der Waals surface area contributed by atoms with Crippen molar-refractivity contribution in [2.75, 3.05) is 7.11 Å². The summed E-state index contributed by atoms with van der Waals surface area (Å²) in [6.07, 6.45) is 3.21. The Labute approximate surface area is 130 Å². The van der Waals surface area contributed by atoms with Crippen LogP contribution < -0.4 is 0 Å². The highest BCUT2D eigenvalue weighted by atomic mass is 16.5. The Balaban J connectivity index is 2.29. The Morgan fingerprint density at radius 3 is 2.77 bits per heavy atom. The second kappa shape index (κ2) is 6.65. The third-order valence-corrected chi connectivity index (χ3v) is 4.11. The molecule has 22 heavy (non-hydrogen) atoms. The van der Waals surface area contributed by atoms with Crippen LogP contribution in [0.25, 0.3) is 0 Å². The summed E-state index contributed by atoms with van der Waals surface area (Å²) in [6.45, 7) is 2.11. The molecule has 0 aromatic heterocycles. The number of esters is 1. The fourth-order valence-corrected chi connectivity index (χ4v) is 2.71. The lowest BCUT2D eigenvalue weighted by molar-refractivity contribution is -0.159. The molecule has 4 nitrogen and oxygen atoms in total. The molecule has 2 rings (SSSR count). The molecular weight excluding hydrogens is 280 g/mol. The molecule has 0 amide bonds. The topological polar surface area (TPSA) is 63.6 Å². The summed E-state index contributed by atoms with van der Waals surface area (Å²) in [4.78, 5) is 23.4. The molecule has 1 fully saturated rings. The first-order chi connectivity index (χ1) is 10.6. The van der Waals surface area contributed by atoms with Crippen molar-refractivity contribution in [2.45, 2.75) is 38.5 Å². The minimum Gasteiger partial charge on any atom is -0.480 e.